The minimum atomic E-state index is 0. The minimum absolute atomic E-state index is 0. The zero-order chi connectivity index (χ0) is 22.7. The molecule has 5 heteroatoms. The molecule has 0 amide bonds. The van der Waals surface area contributed by atoms with Crippen LogP contribution in [-0.2, 0) is 6.54 Å². The molecule has 1 aliphatic rings. The summed E-state index contributed by atoms with van der Waals surface area (Å²) >= 11 is 0. The van der Waals surface area contributed by atoms with Gasteiger partial charge in [0.25, 0.3) is 0 Å². The molecule has 3 aromatic rings. The van der Waals surface area contributed by atoms with Gasteiger partial charge in [-0.25, -0.2) is 4.98 Å². The second-order valence-corrected chi connectivity index (χ2v) is 9.65. The van der Waals surface area contributed by atoms with Crippen molar-refractivity contribution in [3.05, 3.63) is 58.7 Å². The third kappa shape index (κ3) is 6.02. The summed E-state index contributed by atoms with van der Waals surface area (Å²) in [6.07, 6.45) is 4.82. The molecule has 5 nitrogen and oxygen atoms in total. The Balaban J connectivity index is 0.00000306. The normalized spacial score (nSPS) is 18.1. The standard InChI is InChI=1S/C27H37N5.CH4/c1-18-14-19(2)24(20(3)15-18)17-28-16-21-10-12-22(13-11-21)29-27-30-25-9-7-6-8-23(25)26(31-27)32(4)5;/h6-9,14-15,21-22,28H,10-13,16-17H2,1-5H3,(H,29,30,31);1H4. The number of nitrogens with one attached hydrogen (secondary N) is 2. The minimum Gasteiger partial charge on any atom is -0.362 e. The van der Waals surface area contributed by atoms with E-state index in [1.165, 1.54) is 47.9 Å². The van der Waals surface area contributed by atoms with Crippen LogP contribution in [-0.4, -0.2) is 36.6 Å². The lowest BCUT2D eigenvalue weighted by molar-refractivity contribution is 0.323. The molecule has 0 aliphatic heterocycles. The highest BCUT2D eigenvalue weighted by Gasteiger charge is 2.22. The van der Waals surface area contributed by atoms with Crippen LogP contribution in [0.3, 0.4) is 0 Å². The number of rotatable bonds is 7. The molecule has 1 saturated carbocycles. The molecule has 0 spiro atoms. The van der Waals surface area contributed by atoms with Gasteiger partial charge in [-0.3, -0.25) is 0 Å². The number of hydrogen-bond donors (Lipinski definition) is 2. The van der Waals surface area contributed by atoms with Gasteiger partial charge < -0.3 is 15.5 Å². The monoisotopic (exact) mass is 447 g/mol. The van der Waals surface area contributed by atoms with E-state index >= 15 is 0 Å². The first-order chi connectivity index (χ1) is 15.4. The highest BCUT2D eigenvalue weighted by Crippen LogP contribution is 2.28. The van der Waals surface area contributed by atoms with Gasteiger partial charge in [-0.2, -0.15) is 4.98 Å². The molecule has 0 unspecified atom stereocenters. The zero-order valence-corrected chi connectivity index (χ0v) is 20.2. The molecule has 1 aliphatic carbocycles. The summed E-state index contributed by atoms with van der Waals surface area (Å²) in [5, 5.41) is 8.44. The lowest BCUT2D eigenvalue weighted by atomic mass is 9.86. The summed E-state index contributed by atoms with van der Waals surface area (Å²) in [5.41, 5.74) is 6.60. The molecular weight excluding hydrogens is 406 g/mol. The highest BCUT2D eigenvalue weighted by molar-refractivity contribution is 5.90. The van der Waals surface area contributed by atoms with Crippen molar-refractivity contribution in [3.63, 3.8) is 0 Å². The Morgan fingerprint density at radius 1 is 0.939 bits per heavy atom. The summed E-state index contributed by atoms with van der Waals surface area (Å²) in [6.45, 7) is 8.69. The van der Waals surface area contributed by atoms with Gasteiger partial charge in [-0.05, 0) is 87.7 Å². The van der Waals surface area contributed by atoms with Crippen LogP contribution in [0.25, 0.3) is 10.9 Å². The van der Waals surface area contributed by atoms with Crippen molar-refractivity contribution in [1.29, 1.82) is 0 Å². The Labute approximate surface area is 200 Å². The van der Waals surface area contributed by atoms with Crippen LogP contribution >= 0.6 is 0 Å². The smallest absolute Gasteiger partial charge is 0.225 e. The summed E-state index contributed by atoms with van der Waals surface area (Å²) < 4.78 is 0. The maximum atomic E-state index is 4.81. The molecule has 1 aromatic heterocycles. The van der Waals surface area contributed by atoms with Crippen molar-refractivity contribution in [2.75, 3.05) is 30.9 Å². The van der Waals surface area contributed by atoms with Gasteiger partial charge >= 0.3 is 0 Å². The molecule has 178 valence electrons. The molecule has 0 bridgehead atoms. The van der Waals surface area contributed by atoms with E-state index < -0.39 is 0 Å². The van der Waals surface area contributed by atoms with Crippen LogP contribution < -0.4 is 15.5 Å². The van der Waals surface area contributed by atoms with Gasteiger partial charge in [-0.15, -0.1) is 0 Å². The number of para-hydroxylation sites is 1. The van der Waals surface area contributed by atoms with Crippen molar-refractivity contribution in [2.45, 2.75) is 66.5 Å². The van der Waals surface area contributed by atoms with Crippen LogP contribution in [0.15, 0.2) is 36.4 Å². The van der Waals surface area contributed by atoms with Gasteiger partial charge in [-0.1, -0.05) is 37.3 Å². The van der Waals surface area contributed by atoms with E-state index in [2.05, 4.69) is 60.6 Å². The fourth-order valence-corrected chi connectivity index (χ4v) is 5.05. The van der Waals surface area contributed by atoms with Crippen LogP contribution in [0.5, 0.6) is 0 Å². The first kappa shape index (κ1) is 25.0. The molecule has 1 fully saturated rings. The third-order valence-electron chi connectivity index (χ3n) is 6.76. The van der Waals surface area contributed by atoms with Crippen LogP contribution in [0.2, 0.25) is 0 Å². The quantitative estimate of drug-likeness (QED) is 0.464. The second-order valence-electron chi connectivity index (χ2n) is 9.65. The number of anilines is 2. The van der Waals surface area contributed by atoms with E-state index in [-0.39, 0.29) is 7.43 Å². The molecule has 2 aromatic carbocycles. The van der Waals surface area contributed by atoms with E-state index in [1.807, 2.05) is 26.2 Å². The molecule has 1 heterocycles. The van der Waals surface area contributed by atoms with Crippen molar-refractivity contribution >= 4 is 22.7 Å². The molecule has 0 saturated heterocycles. The van der Waals surface area contributed by atoms with Gasteiger partial charge in [0, 0.05) is 32.1 Å². The summed E-state index contributed by atoms with van der Waals surface area (Å²) in [4.78, 5) is 11.7. The summed E-state index contributed by atoms with van der Waals surface area (Å²) in [6, 6.07) is 13.3. The Morgan fingerprint density at radius 3 is 2.27 bits per heavy atom. The first-order valence-electron chi connectivity index (χ1n) is 11.9. The van der Waals surface area contributed by atoms with Gasteiger partial charge in [0.2, 0.25) is 5.95 Å². The number of fused-ring (bicyclic) bond motifs is 1. The van der Waals surface area contributed by atoms with Crippen molar-refractivity contribution < 1.29 is 0 Å². The van der Waals surface area contributed by atoms with Crippen molar-refractivity contribution in [1.82, 2.24) is 15.3 Å². The number of benzene rings is 2. The summed E-state index contributed by atoms with van der Waals surface area (Å²) in [5.74, 6) is 2.46. The number of hydrogen-bond acceptors (Lipinski definition) is 5. The van der Waals surface area contributed by atoms with Crippen molar-refractivity contribution in [2.24, 2.45) is 5.92 Å². The zero-order valence-electron chi connectivity index (χ0n) is 20.2. The second kappa shape index (κ2) is 11.0. The maximum Gasteiger partial charge on any atom is 0.225 e. The van der Waals surface area contributed by atoms with E-state index in [0.717, 1.165) is 41.7 Å². The predicted molar refractivity (Wildman–Crippen MR) is 142 cm³/mol. The van der Waals surface area contributed by atoms with Crippen LogP contribution in [0, 0.1) is 26.7 Å². The molecule has 0 atom stereocenters. The molecular formula is C28H41N5. The SMILES string of the molecule is C.Cc1cc(C)c(CNCC2CCC(Nc3nc(N(C)C)c4ccccc4n3)CC2)c(C)c1. The Bertz CT molecular complexity index is 1040. The lowest BCUT2D eigenvalue weighted by Gasteiger charge is -2.29. The lowest BCUT2D eigenvalue weighted by Crippen LogP contribution is -2.32. The maximum absolute atomic E-state index is 4.81. The van der Waals surface area contributed by atoms with E-state index in [1.54, 1.807) is 0 Å². The molecule has 2 N–H and O–H groups in total. The average Bonchev–Trinajstić information content (AvgIpc) is 2.76. The van der Waals surface area contributed by atoms with Crippen molar-refractivity contribution in [3.8, 4) is 0 Å². The number of aromatic nitrogens is 2. The van der Waals surface area contributed by atoms with Gasteiger partial charge in [0.15, 0.2) is 0 Å². The first-order valence-corrected chi connectivity index (χ1v) is 11.9. The van der Waals surface area contributed by atoms with E-state index in [0.29, 0.717) is 6.04 Å². The molecule has 4 rings (SSSR count). The average molecular weight is 448 g/mol. The van der Waals surface area contributed by atoms with Gasteiger partial charge in [0.05, 0.1) is 5.52 Å². The van der Waals surface area contributed by atoms with Crippen LogP contribution in [0.1, 0.15) is 55.4 Å². The fraction of sp³-hybridized carbons (Fsp3) is 0.500. The Hall–Kier alpha value is -2.66. The number of nitrogens with zero attached hydrogens (tertiary/aromatic N) is 3. The summed E-state index contributed by atoms with van der Waals surface area (Å²) in [7, 11) is 4.08. The molecule has 0 radical (unpaired) electrons. The molecule has 33 heavy (non-hydrogen) atoms. The fourth-order valence-electron chi connectivity index (χ4n) is 5.05. The Kier molecular flexibility index (Phi) is 8.30. The van der Waals surface area contributed by atoms with E-state index in [4.69, 9.17) is 9.97 Å². The van der Waals surface area contributed by atoms with Crippen LogP contribution in [0.4, 0.5) is 11.8 Å². The largest absolute Gasteiger partial charge is 0.362 e. The highest BCUT2D eigenvalue weighted by atomic mass is 15.2. The Morgan fingerprint density at radius 2 is 1.61 bits per heavy atom. The topological polar surface area (TPSA) is 53.1 Å². The van der Waals surface area contributed by atoms with E-state index in [9.17, 15) is 0 Å². The van der Waals surface area contributed by atoms with Gasteiger partial charge in [0.1, 0.15) is 5.82 Å². The predicted octanol–water partition coefficient (Wildman–Crippen LogP) is 6.02. The third-order valence-corrected chi connectivity index (χ3v) is 6.76. The number of aryl methyl sites for hydroxylation is 3.